The molecule has 0 radical (unpaired) electrons. The molecule has 3 heteroatoms. The summed E-state index contributed by atoms with van der Waals surface area (Å²) in [6, 6.07) is 14.1. The van der Waals surface area contributed by atoms with Crippen molar-refractivity contribution in [2.45, 2.75) is 26.7 Å². The van der Waals surface area contributed by atoms with Gasteiger partial charge in [0.15, 0.2) is 0 Å². The number of phenolic OH excluding ortho intramolecular Hbond substituents is 1. The van der Waals surface area contributed by atoms with Gasteiger partial charge in [0.2, 0.25) is 0 Å². The zero-order valence-corrected chi connectivity index (χ0v) is 12.0. The Morgan fingerprint density at radius 1 is 1.05 bits per heavy atom. The Balaban J connectivity index is 0.000000204. The summed E-state index contributed by atoms with van der Waals surface area (Å²) >= 11 is 0. The number of benzene rings is 2. The Labute approximate surface area is 119 Å². The van der Waals surface area contributed by atoms with Gasteiger partial charge in [-0.25, -0.2) is 4.79 Å². The van der Waals surface area contributed by atoms with E-state index in [0.29, 0.717) is 17.2 Å². The molecule has 0 aromatic heterocycles. The number of rotatable bonds is 2. The summed E-state index contributed by atoms with van der Waals surface area (Å²) in [5.74, 6) is -0.0637. The van der Waals surface area contributed by atoms with Gasteiger partial charge in [-0.05, 0) is 42.2 Å². The van der Waals surface area contributed by atoms with Crippen molar-refractivity contribution >= 4 is 5.97 Å². The van der Waals surface area contributed by atoms with Crippen LogP contribution in [0.3, 0.4) is 0 Å². The average molecular weight is 272 g/mol. The summed E-state index contributed by atoms with van der Waals surface area (Å²) in [7, 11) is 0. The van der Waals surface area contributed by atoms with Crippen LogP contribution in [0.5, 0.6) is 5.75 Å². The zero-order chi connectivity index (χ0) is 15.1. The quantitative estimate of drug-likeness (QED) is 0.861. The molecule has 0 aliphatic carbocycles. The van der Waals surface area contributed by atoms with Crippen molar-refractivity contribution in [3.63, 3.8) is 0 Å². The monoisotopic (exact) mass is 272 g/mol. The van der Waals surface area contributed by atoms with Crippen LogP contribution in [-0.2, 0) is 0 Å². The van der Waals surface area contributed by atoms with Crippen LogP contribution in [0.2, 0.25) is 0 Å². The van der Waals surface area contributed by atoms with Crippen LogP contribution in [0.1, 0.15) is 41.3 Å². The number of aromatic carboxylic acids is 1. The molecule has 0 aliphatic heterocycles. The van der Waals surface area contributed by atoms with Crippen LogP contribution in [0.15, 0.2) is 48.5 Å². The molecule has 2 N–H and O–H groups in total. The molecule has 20 heavy (non-hydrogen) atoms. The van der Waals surface area contributed by atoms with Gasteiger partial charge in [0.1, 0.15) is 5.75 Å². The van der Waals surface area contributed by atoms with E-state index in [4.69, 9.17) is 5.11 Å². The molecule has 3 nitrogen and oxygen atoms in total. The predicted molar refractivity (Wildman–Crippen MR) is 80.3 cm³/mol. The Morgan fingerprint density at radius 2 is 1.65 bits per heavy atom. The fourth-order valence-electron chi connectivity index (χ4n) is 1.72. The van der Waals surface area contributed by atoms with E-state index < -0.39 is 5.97 Å². The average Bonchev–Trinajstić information content (AvgIpc) is 2.40. The van der Waals surface area contributed by atoms with Gasteiger partial charge in [-0.15, -0.1) is 0 Å². The number of aromatic hydroxyl groups is 1. The van der Waals surface area contributed by atoms with E-state index in [2.05, 4.69) is 13.8 Å². The second kappa shape index (κ2) is 7.34. The van der Waals surface area contributed by atoms with Gasteiger partial charge < -0.3 is 10.2 Å². The molecule has 0 unspecified atom stereocenters. The van der Waals surface area contributed by atoms with E-state index in [9.17, 15) is 9.90 Å². The van der Waals surface area contributed by atoms with Crippen LogP contribution < -0.4 is 0 Å². The van der Waals surface area contributed by atoms with Gasteiger partial charge >= 0.3 is 5.97 Å². The molecule has 0 amide bonds. The number of aryl methyl sites for hydroxylation is 1. The summed E-state index contributed by atoms with van der Waals surface area (Å²) in [6.45, 7) is 6.12. The highest BCUT2D eigenvalue weighted by Crippen LogP contribution is 2.25. The predicted octanol–water partition coefficient (Wildman–Crippen LogP) is 4.21. The molecule has 0 bridgehead atoms. The molecule has 2 aromatic carbocycles. The molecule has 0 atom stereocenters. The maximum atomic E-state index is 10.2. The second-order valence-corrected chi connectivity index (χ2v) is 4.89. The first-order valence-corrected chi connectivity index (χ1v) is 6.49. The Morgan fingerprint density at radius 3 is 2.05 bits per heavy atom. The molecular formula is C17H20O3. The minimum atomic E-state index is -0.879. The van der Waals surface area contributed by atoms with Crippen LogP contribution in [0.25, 0.3) is 0 Å². The Bertz CT molecular complexity index is 560. The second-order valence-electron chi connectivity index (χ2n) is 4.89. The number of hydrogen-bond donors (Lipinski definition) is 2. The third-order valence-corrected chi connectivity index (χ3v) is 2.83. The SMILES string of the molecule is Cc1ccc(C(C)C)c(O)c1.O=C(O)c1ccccc1. The van der Waals surface area contributed by atoms with E-state index in [1.165, 1.54) is 0 Å². The summed E-state index contributed by atoms with van der Waals surface area (Å²) in [5, 5.41) is 17.8. The first kappa shape index (κ1) is 15.8. The van der Waals surface area contributed by atoms with Crippen LogP contribution in [0, 0.1) is 6.92 Å². The normalized spacial score (nSPS) is 9.80. The minimum Gasteiger partial charge on any atom is -0.508 e. The van der Waals surface area contributed by atoms with Gasteiger partial charge in [0, 0.05) is 0 Å². The van der Waals surface area contributed by atoms with E-state index in [1.54, 1.807) is 36.4 Å². The van der Waals surface area contributed by atoms with E-state index in [0.717, 1.165) is 11.1 Å². The van der Waals surface area contributed by atoms with Crippen molar-refractivity contribution in [2.24, 2.45) is 0 Å². The molecule has 0 spiro atoms. The van der Waals surface area contributed by atoms with Gasteiger partial charge in [-0.2, -0.15) is 0 Å². The van der Waals surface area contributed by atoms with Crippen molar-refractivity contribution in [1.29, 1.82) is 0 Å². The molecule has 106 valence electrons. The van der Waals surface area contributed by atoms with Crippen molar-refractivity contribution in [1.82, 2.24) is 0 Å². The molecule has 2 rings (SSSR count). The van der Waals surface area contributed by atoms with Crippen molar-refractivity contribution in [3.05, 3.63) is 65.2 Å². The highest BCUT2D eigenvalue weighted by molar-refractivity contribution is 5.87. The van der Waals surface area contributed by atoms with Gasteiger partial charge in [0.25, 0.3) is 0 Å². The highest BCUT2D eigenvalue weighted by Gasteiger charge is 2.03. The lowest BCUT2D eigenvalue weighted by Gasteiger charge is -2.07. The lowest BCUT2D eigenvalue weighted by Crippen LogP contribution is -1.93. The molecule has 0 saturated heterocycles. The van der Waals surface area contributed by atoms with Crippen LogP contribution in [-0.4, -0.2) is 16.2 Å². The lowest BCUT2D eigenvalue weighted by atomic mass is 10.0. The maximum Gasteiger partial charge on any atom is 0.335 e. The summed E-state index contributed by atoms with van der Waals surface area (Å²) in [4.78, 5) is 10.2. The third kappa shape index (κ3) is 4.76. The van der Waals surface area contributed by atoms with E-state index in [1.807, 2.05) is 19.1 Å². The molecule has 2 aromatic rings. The summed E-state index contributed by atoms with van der Waals surface area (Å²) < 4.78 is 0. The molecule has 0 saturated carbocycles. The van der Waals surface area contributed by atoms with Gasteiger partial charge in [0.05, 0.1) is 5.56 Å². The fraction of sp³-hybridized carbons (Fsp3) is 0.235. The number of carbonyl (C=O) groups is 1. The number of carboxylic acids is 1. The fourth-order valence-corrected chi connectivity index (χ4v) is 1.72. The first-order chi connectivity index (χ1) is 9.41. The van der Waals surface area contributed by atoms with Crippen molar-refractivity contribution in [3.8, 4) is 5.75 Å². The molecule has 0 heterocycles. The van der Waals surface area contributed by atoms with Crippen molar-refractivity contribution < 1.29 is 15.0 Å². The van der Waals surface area contributed by atoms with Crippen molar-refractivity contribution in [2.75, 3.05) is 0 Å². The van der Waals surface area contributed by atoms with Crippen LogP contribution >= 0.6 is 0 Å². The van der Waals surface area contributed by atoms with Gasteiger partial charge in [-0.1, -0.05) is 44.2 Å². The Hall–Kier alpha value is -2.29. The smallest absolute Gasteiger partial charge is 0.335 e. The number of carboxylic acid groups (broad SMARTS) is 1. The van der Waals surface area contributed by atoms with Gasteiger partial charge in [-0.3, -0.25) is 0 Å². The molecule has 0 fully saturated rings. The topological polar surface area (TPSA) is 57.5 Å². The van der Waals surface area contributed by atoms with Crippen LogP contribution in [0.4, 0.5) is 0 Å². The lowest BCUT2D eigenvalue weighted by molar-refractivity contribution is 0.0697. The summed E-state index contributed by atoms with van der Waals surface area (Å²) in [6.07, 6.45) is 0. The first-order valence-electron chi connectivity index (χ1n) is 6.49. The van der Waals surface area contributed by atoms with E-state index >= 15 is 0 Å². The standard InChI is InChI=1S/C10H14O.C7H6O2/c1-7(2)9-5-4-8(3)6-10(9)11;8-7(9)6-4-2-1-3-5-6/h4-7,11H,1-3H3;1-5H,(H,8,9). The largest absolute Gasteiger partial charge is 0.508 e. The van der Waals surface area contributed by atoms with E-state index in [-0.39, 0.29) is 0 Å². The third-order valence-electron chi connectivity index (χ3n) is 2.83. The molecule has 0 aliphatic rings. The zero-order valence-electron chi connectivity index (χ0n) is 12.0. The summed E-state index contributed by atoms with van der Waals surface area (Å²) in [5.41, 5.74) is 2.46. The Kier molecular flexibility index (Phi) is 5.78. The highest BCUT2D eigenvalue weighted by atomic mass is 16.4. The molecular weight excluding hydrogens is 252 g/mol. The number of hydrogen-bond acceptors (Lipinski definition) is 2. The number of phenols is 1. The minimum absolute atomic E-state index is 0.331. The maximum absolute atomic E-state index is 10.2.